The third-order valence-corrected chi connectivity index (χ3v) is 7.16. The molecule has 1 amide bonds. The molecule has 1 aliphatic carbocycles. The van der Waals surface area contributed by atoms with E-state index in [4.69, 9.17) is 4.74 Å². The maximum Gasteiger partial charge on any atom is 0.416 e. The third-order valence-electron chi connectivity index (χ3n) is 7.16. The molecule has 5 rings (SSSR count). The molecule has 2 saturated heterocycles. The van der Waals surface area contributed by atoms with Gasteiger partial charge in [0.25, 0.3) is 5.91 Å². The average molecular weight is 447 g/mol. The molecule has 170 valence electrons. The van der Waals surface area contributed by atoms with Crippen molar-refractivity contribution in [3.05, 3.63) is 70.8 Å². The minimum atomic E-state index is -4.41. The Hall–Kier alpha value is -2.42. The van der Waals surface area contributed by atoms with Gasteiger partial charge in [0, 0.05) is 18.7 Å². The fraction of sp³-hybridized carbons (Fsp3) is 0.458. The van der Waals surface area contributed by atoms with Crippen LogP contribution in [0.25, 0.3) is 0 Å². The Morgan fingerprint density at radius 3 is 1.84 bits per heavy atom. The van der Waals surface area contributed by atoms with E-state index in [0.717, 1.165) is 17.7 Å². The van der Waals surface area contributed by atoms with Gasteiger partial charge >= 0.3 is 6.18 Å². The lowest BCUT2D eigenvalue weighted by Crippen LogP contribution is -2.46. The second kappa shape index (κ2) is 7.30. The number of ether oxygens (including phenoxy) is 1. The lowest BCUT2D eigenvalue weighted by molar-refractivity contribution is -0.184. The summed E-state index contributed by atoms with van der Waals surface area (Å²) in [7, 11) is 0. The van der Waals surface area contributed by atoms with Gasteiger partial charge in [0.1, 0.15) is 5.60 Å². The number of nitrogens with zero attached hydrogens (tertiary/aromatic N) is 1. The molecular weight excluding hydrogens is 423 g/mol. The molecule has 2 aliphatic heterocycles. The van der Waals surface area contributed by atoms with Crippen LogP contribution >= 0.6 is 0 Å². The topological polar surface area (TPSA) is 70.0 Å². The predicted octanol–water partition coefficient (Wildman–Crippen LogP) is 3.29. The van der Waals surface area contributed by atoms with E-state index in [-0.39, 0.29) is 31.0 Å². The fourth-order valence-corrected chi connectivity index (χ4v) is 5.29. The van der Waals surface area contributed by atoms with Crippen molar-refractivity contribution in [2.24, 2.45) is 11.8 Å². The molecule has 0 aromatic heterocycles. The lowest BCUT2D eigenvalue weighted by atomic mass is 9.89. The fourth-order valence-electron chi connectivity index (χ4n) is 5.29. The summed E-state index contributed by atoms with van der Waals surface area (Å²) >= 11 is 0. The number of halogens is 3. The first kappa shape index (κ1) is 21.4. The molecule has 1 saturated carbocycles. The van der Waals surface area contributed by atoms with E-state index < -0.39 is 22.9 Å². The molecule has 0 bridgehead atoms. The van der Waals surface area contributed by atoms with E-state index in [0.29, 0.717) is 37.1 Å². The molecule has 2 atom stereocenters. The van der Waals surface area contributed by atoms with Gasteiger partial charge in [-0.05, 0) is 60.1 Å². The van der Waals surface area contributed by atoms with E-state index in [1.165, 1.54) is 12.1 Å². The Bertz CT molecular complexity index is 1000. The summed E-state index contributed by atoms with van der Waals surface area (Å²) in [6, 6.07) is 11.6. The number of likely N-dealkylation sites (tertiary alicyclic amines) is 1. The Balaban J connectivity index is 1.24. The summed E-state index contributed by atoms with van der Waals surface area (Å²) < 4.78 is 43.5. The number of hydrogen-bond donors (Lipinski definition) is 2. The molecule has 2 N–H and O–H groups in total. The zero-order valence-electron chi connectivity index (χ0n) is 17.3. The highest BCUT2D eigenvalue weighted by Crippen LogP contribution is 2.49. The monoisotopic (exact) mass is 447 g/mol. The Morgan fingerprint density at radius 2 is 1.38 bits per heavy atom. The van der Waals surface area contributed by atoms with Crippen molar-refractivity contribution < 1.29 is 32.9 Å². The summed E-state index contributed by atoms with van der Waals surface area (Å²) in [5, 5.41) is 21.5. The molecule has 2 heterocycles. The van der Waals surface area contributed by atoms with E-state index in [1.54, 1.807) is 29.2 Å². The minimum absolute atomic E-state index is 0.0957. The standard InChI is InChI=1S/C24H24F3NO4/c25-24(26,27)20-7-5-18(6-8-20)22(30)9-16-11-28(12-17(16)10-22)21(29)15-1-3-19(4-2-15)23(31)13-32-14-23/h1-8,16-17,30-31H,9-14H2. The first-order valence-corrected chi connectivity index (χ1v) is 10.7. The maximum atomic E-state index is 13.0. The summed E-state index contributed by atoms with van der Waals surface area (Å²) in [5.41, 5.74) is -1.13. The number of alkyl halides is 3. The van der Waals surface area contributed by atoms with Crippen LogP contribution in [0.3, 0.4) is 0 Å². The second-order valence-electron chi connectivity index (χ2n) is 9.35. The molecule has 32 heavy (non-hydrogen) atoms. The number of benzene rings is 2. The summed E-state index contributed by atoms with van der Waals surface area (Å²) in [6.07, 6.45) is -3.58. The molecule has 2 unspecified atom stereocenters. The van der Waals surface area contributed by atoms with Crippen molar-refractivity contribution in [1.29, 1.82) is 0 Å². The summed E-state index contributed by atoms with van der Waals surface area (Å²) in [5.74, 6) is 0.0950. The van der Waals surface area contributed by atoms with Gasteiger partial charge in [-0.15, -0.1) is 0 Å². The van der Waals surface area contributed by atoms with Crippen LogP contribution in [0.2, 0.25) is 0 Å². The highest BCUT2D eigenvalue weighted by atomic mass is 19.4. The molecular formula is C24H24F3NO4. The Kier molecular flexibility index (Phi) is 4.89. The van der Waals surface area contributed by atoms with Gasteiger partial charge in [0.05, 0.1) is 24.4 Å². The van der Waals surface area contributed by atoms with Gasteiger partial charge in [0.2, 0.25) is 0 Å². The van der Waals surface area contributed by atoms with Gasteiger partial charge in [0.15, 0.2) is 0 Å². The maximum absolute atomic E-state index is 13.0. The molecule has 2 aromatic rings. The van der Waals surface area contributed by atoms with Crippen LogP contribution in [0.5, 0.6) is 0 Å². The summed E-state index contributed by atoms with van der Waals surface area (Å²) in [6.45, 7) is 1.51. The van der Waals surface area contributed by atoms with Crippen LogP contribution in [0.15, 0.2) is 48.5 Å². The largest absolute Gasteiger partial charge is 0.416 e. The SMILES string of the molecule is O=C(c1ccc(C2(O)COC2)cc1)N1CC2CC(O)(c3ccc(C(F)(F)F)cc3)CC2C1. The molecule has 8 heteroatoms. The van der Waals surface area contributed by atoms with Crippen molar-refractivity contribution in [1.82, 2.24) is 4.90 Å². The quantitative estimate of drug-likeness (QED) is 0.758. The van der Waals surface area contributed by atoms with Crippen LogP contribution in [0.4, 0.5) is 13.2 Å². The number of carbonyl (C=O) groups excluding carboxylic acids is 1. The number of hydrogen-bond acceptors (Lipinski definition) is 4. The number of fused-ring (bicyclic) bond motifs is 1. The number of amides is 1. The van der Waals surface area contributed by atoms with E-state index in [2.05, 4.69) is 0 Å². The van der Waals surface area contributed by atoms with E-state index >= 15 is 0 Å². The van der Waals surface area contributed by atoms with Crippen molar-refractivity contribution in [3.8, 4) is 0 Å². The predicted molar refractivity (Wildman–Crippen MR) is 109 cm³/mol. The van der Waals surface area contributed by atoms with Gasteiger partial charge in [-0.25, -0.2) is 0 Å². The zero-order chi connectivity index (χ0) is 22.7. The van der Waals surface area contributed by atoms with Gasteiger partial charge in [-0.1, -0.05) is 24.3 Å². The van der Waals surface area contributed by atoms with Gasteiger partial charge in [-0.3, -0.25) is 4.79 Å². The number of rotatable bonds is 3. The minimum Gasteiger partial charge on any atom is -0.385 e. The normalized spacial score (nSPS) is 29.0. The molecule has 2 aromatic carbocycles. The smallest absolute Gasteiger partial charge is 0.385 e. The van der Waals surface area contributed by atoms with Crippen LogP contribution in [0.1, 0.15) is 39.9 Å². The van der Waals surface area contributed by atoms with Crippen molar-refractivity contribution in [3.63, 3.8) is 0 Å². The van der Waals surface area contributed by atoms with Crippen molar-refractivity contribution in [2.45, 2.75) is 30.2 Å². The third kappa shape index (κ3) is 3.60. The first-order chi connectivity index (χ1) is 15.1. The molecule has 0 spiro atoms. The average Bonchev–Trinajstić information content (AvgIpc) is 3.27. The highest BCUT2D eigenvalue weighted by Gasteiger charge is 2.50. The highest BCUT2D eigenvalue weighted by molar-refractivity contribution is 5.94. The van der Waals surface area contributed by atoms with Gasteiger partial charge < -0.3 is 19.8 Å². The van der Waals surface area contributed by atoms with Crippen LogP contribution in [-0.2, 0) is 22.1 Å². The van der Waals surface area contributed by atoms with E-state index in [9.17, 15) is 28.2 Å². The van der Waals surface area contributed by atoms with Gasteiger partial charge in [-0.2, -0.15) is 13.2 Å². The van der Waals surface area contributed by atoms with Crippen molar-refractivity contribution >= 4 is 5.91 Å². The van der Waals surface area contributed by atoms with Crippen LogP contribution in [0, 0.1) is 11.8 Å². The molecule has 3 fully saturated rings. The molecule has 0 radical (unpaired) electrons. The Morgan fingerprint density at radius 1 is 0.875 bits per heavy atom. The van der Waals surface area contributed by atoms with Crippen molar-refractivity contribution in [2.75, 3.05) is 26.3 Å². The number of carbonyl (C=O) groups is 1. The Labute approximate surface area is 183 Å². The molecule has 3 aliphatic rings. The van der Waals surface area contributed by atoms with Crippen LogP contribution < -0.4 is 0 Å². The van der Waals surface area contributed by atoms with E-state index in [1.807, 2.05) is 0 Å². The molecule has 5 nitrogen and oxygen atoms in total. The first-order valence-electron chi connectivity index (χ1n) is 10.7. The lowest BCUT2D eigenvalue weighted by Gasteiger charge is -2.36. The summed E-state index contributed by atoms with van der Waals surface area (Å²) in [4.78, 5) is 14.7. The number of aliphatic hydroxyl groups is 2. The zero-order valence-corrected chi connectivity index (χ0v) is 17.3. The van der Waals surface area contributed by atoms with Crippen LogP contribution in [-0.4, -0.2) is 47.3 Å². The second-order valence-corrected chi connectivity index (χ2v) is 9.35.